The molecule has 1 unspecified atom stereocenters. The quantitative estimate of drug-likeness (QED) is 0.897. The van der Waals surface area contributed by atoms with Crippen LogP contribution < -0.4 is 0 Å². The Morgan fingerprint density at radius 3 is 2.84 bits per heavy atom. The van der Waals surface area contributed by atoms with Crippen LogP contribution in [0.2, 0.25) is 0 Å². The first-order valence-corrected chi connectivity index (χ1v) is 6.79. The zero-order valence-electron chi connectivity index (χ0n) is 11.8. The third-order valence-corrected chi connectivity index (χ3v) is 3.37. The third kappa shape index (κ3) is 3.01. The molecule has 0 bridgehead atoms. The number of aliphatic hydroxyl groups is 1. The van der Waals surface area contributed by atoms with E-state index in [0.29, 0.717) is 6.42 Å². The van der Waals surface area contributed by atoms with Gasteiger partial charge in [-0.3, -0.25) is 9.67 Å². The summed E-state index contributed by atoms with van der Waals surface area (Å²) in [6.07, 6.45) is 4.54. The molecule has 0 amide bonds. The molecule has 0 radical (unpaired) electrons. The molecular weight excluding hydrogens is 238 g/mol. The van der Waals surface area contributed by atoms with Crippen molar-refractivity contribution in [3.05, 3.63) is 47.0 Å². The van der Waals surface area contributed by atoms with E-state index in [1.165, 1.54) is 0 Å². The zero-order chi connectivity index (χ0) is 13.8. The van der Waals surface area contributed by atoms with Gasteiger partial charge >= 0.3 is 0 Å². The molecule has 4 nitrogen and oxygen atoms in total. The molecule has 0 aliphatic rings. The molecule has 2 heterocycles. The summed E-state index contributed by atoms with van der Waals surface area (Å²) in [6, 6.07) is 3.95. The number of aliphatic hydroxyl groups excluding tert-OH is 1. The molecule has 0 aromatic carbocycles. The van der Waals surface area contributed by atoms with E-state index >= 15 is 0 Å². The van der Waals surface area contributed by atoms with Gasteiger partial charge in [0, 0.05) is 31.1 Å². The van der Waals surface area contributed by atoms with Crippen LogP contribution in [0.4, 0.5) is 0 Å². The Labute approximate surface area is 114 Å². The second-order valence-corrected chi connectivity index (χ2v) is 4.74. The molecule has 19 heavy (non-hydrogen) atoms. The van der Waals surface area contributed by atoms with E-state index in [1.54, 1.807) is 6.20 Å². The fourth-order valence-corrected chi connectivity index (χ4v) is 2.40. The van der Waals surface area contributed by atoms with Crippen molar-refractivity contribution in [2.45, 2.75) is 46.3 Å². The highest BCUT2D eigenvalue weighted by molar-refractivity contribution is 5.27. The number of pyridine rings is 1. The van der Waals surface area contributed by atoms with E-state index in [-0.39, 0.29) is 0 Å². The lowest BCUT2D eigenvalue weighted by atomic mass is 9.99. The van der Waals surface area contributed by atoms with Crippen molar-refractivity contribution in [1.82, 2.24) is 14.8 Å². The van der Waals surface area contributed by atoms with E-state index in [2.05, 4.69) is 23.9 Å². The maximum absolute atomic E-state index is 10.4. The van der Waals surface area contributed by atoms with Crippen molar-refractivity contribution in [2.75, 3.05) is 0 Å². The summed E-state index contributed by atoms with van der Waals surface area (Å²) in [7, 11) is 0. The summed E-state index contributed by atoms with van der Waals surface area (Å²) in [6.45, 7) is 6.94. The predicted molar refractivity (Wildman–Crippen MR) is 74.9 cm³/mol. The van der Waals surface area contributed by atoms with Gasteiger partial charge in [0.05, 0.1) is 11.8 Å². The Hall–Kier alpha value is -1.68. The van der Waals surface area contributed by atoms with Gasteiger partial charge in [0.25, 0.3) is 0 Å². The van der Waals surface area contributed by atoms with Crippen LogP contribution in [-0.2, 0) is 19.4 Å². The molecule has 1 atom stereocenters. The number of hydrogen-bond acceptors (Lipinski definition) is 3. The highest BCUT2D eigenvalue weighted by Gasteiger charge is 2.15. The lowest BCUT2D eigenvalue weighted by Gasteiger charge is -2.15. The van der Waals surface area contributed by atoms with Crippen LogP contribution in [0.25, 0.3) is 0 Å². The van der Waals surface area contributed by atoms with Gasteiger partial charge in [0.1, 0.15) is 0 Å². The summed E-state index contributed by atoms with van der Waals surface area (Å²) in [4.78, 5) is 4.11. The summed E-state index contributed by atoms with van der Waals surface area (Å²) >= 11 is 0. The predicted octanol–water partition coefficient (Wildman–Crippen LogP) is 2.44. The van der Waals surface area contributed by atoms with Crippen molar-refractivity contribution in [3.63, 3.8) is 0 Å². The van der Waals surface area contributed by atoms with Crippen molar-refractivity contribution in [2.24, 2.45) is 0 Å². The standard InChI is InChI=1S/C15H21N3O/c1-4-12-10-16-7-6-14(12)15(19)9-13-8-11(3)17-18(13)5-2/h6-8,10,15,19H,4-5,9H2,1-3H3. The highest BCUT2D eigenvalue weighted by atomic mass is 16.3. The van der Waals surface area contributed by atoms with Gasteiger partial charge < -0.3 is 5.11 Å². The van der Waals surface area contributed by atoms with E-state index in [4.69, 9.17) is 0 Å². The molecule has 1 N–H and O–H groups in total. The second-order valence-electron chi connectivity index (χ2n) is 4.74. The van der Waals surface area contributed by atoms with Gasteiger partial charge in [-0.15, -0.1) is 0 Å². The molecule has 2 rings (SSSR count). The maximum Gasteiger partial charge on any atom is 0.0849 e. The molecule has 0 aliphatic heterocycles. The first-order chi connectivity index (χ1) is 9.15. The Kier molecular flexibility index (Phi) is 4.32. The third-order valence-electron chi connectivity index (χ3n) is 3.37. The number of nitrogens with zero attached hydrogens (tertiary/aromatic N) is 3. The van der Waals surface area contributed by atoms with Crippen molar-refractivity contribution < 1.29 is 5.11 Å². The van der Waals surface area contributed by atoms with E-state index < -0.39 is 6.10 Å². The summed E-state index contributed by atoms with van der Waals surface area (Å²) < 4.78 is 1.95. The Bertz CT molecular complexity index is 548. The molecule has 0 spiro atoms. The van der Waals surface area contributed by atoms with Gasteiger partial charge in [-0.1, -0.05) is 6.92 Å². The zero-order valence-corrected chi connectivity index (χ0v) is 11.8. The molecule has 2 aromatic rings. The first kappa shape index (κ1) is 13.7. The Morgan fingerprint density at radius 1 is 1.37 bits per heavy atom. The normalized spacial score (nSPS) is 12.6. The molecule has 0 fully saturated rings. The lowest BCUT2D eigenvalue weighted by molar-refractivity contribution is 0.174. The minimum atomic E-state index is -0.501. The molecule has 0 saturated heterocycles. The average Bonchev–Trinajstić information content (AvgIpc) is 2.78. The van der Waals surface area contributed by atoms with Crippen LogP contribution in [0.1, 0.15) is 42.5 Å². The first-order valence-electron chi connectivity index (χ1n) is 6.79. The molecule has 0 aliphatic carbocycles. The summed E-state index contributed by atoms with van der Waals surface area (Å²) in [5, 5.41) is 14.9. The van der Waals surface area contributed by atoms with E-state index in [1.807, 2.05) is 29.9 Å². The number of aromatic nitrogens is 3. The number of hydrogen-bond donors (Lipinski definition) is 1. The molecular formula is C15H21N3O. The summed E-state index contributed by atoms with van der Waals surface area (Å²) in [5.74, 6) is 0. The molecule has 4 heteroatoms. The molecule has 102 valence electrons. The Morgan fingerprint density at radius 2 is 2.16 bits per heavy atom. The van der Waals surface area contributed by atoms with Crippen LogP contribution in [0.5, 0.6) is 0 Å². The topological polar surface area (TPSA) is 50.9 Å². The highest BCUT2D eigenvalue weighted by Crippen LogP contribution is 2.22. The number of aryl methyl sites for hydroxylation is 3. The SMILES string of the molecule is CCc1cnccc1C(O)Cc1cc(C)nn1CC. The smallest absolute Gasteiger partial charge is 0.0849 e. The van der Waals surface area contributed by atoms with Gasteiger partial charge in [-0.05, 0) is 43.5 Å². The van der Waals surface area contributed by atoms with Gasteiger partial charge in [-0.25, -0.2) is 0 Å². The lowest BCUT2D eigenvalue weighted by Crippen LogP contribution is -2.10. The van der Waals surface area contributed by atoms with Gasteiger partial charge in [0.15, 0.2) is 0 Å². The van der Waals surface area contributed by atoms with E-state index in [9.17, 15) is 5.11 Å². The fraction of sp³-hybridized carbons (Fsp3) is 0.467. The minimum Gasteiger partial charge on any atom is -0.388 e. The van der Waals surface area contributed by atoms with Crippen LogP contribution in [-0.4, -0.2) is 19.9 Å². The van der Waals surface area contributed by atoms with Gasteiger partial charge in [-0.2, -0.15) is 5.10 Å². The van der Waals surface area contributed by atoms with Crippen LogP contribution in [0.3, 0.4) is 0 Å². The van der Waals surface area contributed by atoms with Crippen molar-refractivity contribution in [3.8, 4) is 0 Å². The molecule has 2 aromatic heterocycles. The molecule has 0 saturated carbocycles. The Balaban J connectivity index is 2.22. The largest absolute Gasteiger partial charge is 0.388 e. The average molecular weight is 259 g/mol. The number of rotatable bonds is 5. The second kappa shape index (κ2) is 5.97. The maximum atomic E-state index is 10.4. The van der Waals surface area contributed by atoms with Crippen molar-refractivity contribution >= 4 is 0 Å². The van der Waals surface area contributed by atoms with Gasteiger partial charge in [0.2, 0.25) is 0 Å². The van der Waals surface area contributed by atoms with Crippen LogP contribution in [0, 0.1) is 6.92 Å². The fourth-order valence-electron chi connectivity index (χ4n) is 2.40. The van der Waals surface area contributed by atoms with Crippen LogP contribution in [0.15, 0.2) is 24.5 Å². The van der Waals surface area contributed by atoms with Crippen molar-refractivity contribution in [1.29, 1.82) is 0 Å². The minimum absolute atomic E-state index is 0.501. The van der Waals surface area contributed by atoms with Crippen LogP contribution >= 0.6 is 0 Å². The monoisotopic (exact) mass is 259 g/mol. The summed E-state index contributed by atoms with van der Waals surface area (Å²) in [5.41, 5.74) is 4.15. The van der Waals surface area contributed by atoms with E-state index in [0.717, 1.165) is 35.5 Å².